The maximum Gasteiger partial charge on any atom is 0.285 e. The van der Waals surface area contributed by atoms with Crippen LogP contribution in [0.25, 0.3) is 11.1 Å². The molecule has 0 spiro atoms. The molecular formula is C22H23N5O3. The molecule has 2 amide bonds. The summed E-state index contributed by atoms with van der Waals surface area (Å²) in [6.45, 7) is 1.23. The highest BCUT2D eigenvalue weighted by Crippen LogP contribution is 2.19. The van der Waals surface area contributed by atoms with E-state index in [0.717, 1.165) is 16.7 Å². The van der Waals surface area contributed by atoms with Gasteiger partial charge in [0.25, 0.3) is 11.8 Å². The molecule has 8 nitrogen and oxygen atoms in total. The Labute approximate surface area is 173 Å². The molecule has 1 atom stereocenters. The number of amides is 2. The van der Waals surface area contributed by atoms with Gasteiger partial charge in [-0.1, -0.05) is 54.6 Å². The molecule has 1 aromatic heterocycles. The van der Waals surface area contributed by atoms with E-state index < -0.39 is 12.0 Å². The first-order valence-electron chi connectivity index (χ1n) is 9.80. The van der Waals surface area contributed by atoms with Gasteiger partial charge >= 0.3 is 0 Å². The van der Waals surface area contributed by atoms with Crippen LogP contribution in [-0.2, 0) is 6.54 Å². The number of hydrogen-bond acceptors (Lipinski definition) is 5. The van der Waals surface area contributed by atoms with Crippen LogP contribution in [0.2, 0.25) is 0 Å². The molecular weight excluding hydrogens is 382 g/mol. The molecule has 2 aromatic carbocycles. The molecule has 0 saturated carbocycles. The number of rotatable bonds is 6. The van der Waals surface area contributed by atoms with Crippen LogP contribution >= 0.6 is 0 Å². The second-order valence-corrected chi connectivity index (χ2v) is 7.23. The minimum atomic E-state index is -0.495. The van der Waals surface area contributed by atoms with E-state index in [1.165, 1.54) is 11.0 Å². The number of nitrogens with one attached hydrogen (secondary N) is 3. The van der Waals surface area contributed by atoms with E-state index in [-0.39, 0.29) is 17.3 Å². The van der Waals surface area contributed by atoms with E-state index in [2.05, 4.69) is 33.2 Å². The number of aromatic nitrogens is 2. The number of H-pyrrole nitrogens is 1. The van der Waals surface area contributed by atoms with Gasteiger partial charge in [-0.15, -0.1) is 0 Å². The fourth-order valence-corrected chi connectivity index (χ4v) is 3.38. The number of hydrogen-bond donors (Lipinski definition) is 4. The van der Waals surface area contributed by atoms with E-state index in [0.29, 0.717) is 26.1 Å². The predicted octanol–water partition coefficient (Wildman–Crippen LogP) is 1.72. The van der Waals surface area contributed by atoms with E-state index in [1.54, 1.807) is 0 Å². The monoisotopic (exact) mass is 405 g/mol. The smallest absolute Gasteiger partial charge is 0.285 e. The minimum Gasteiger partial charge on any atom is -0.391 e. The topological polar surface area (TPSA) is 110 Å². The second kappa shape index (κ2) is 8.89. The number of aliphatic hydroxyl groups excluding tert-OH is 1. The zero-order chi connectivity index (χ0) is 20.9. The first-order chi connectivity index (χ1) is 14.6. The highest BCUT2D eigenvalue weighted by atomic mass is 16.3. The molecule has 154 valence electrons. The lowest BCUT2D eigenvalue weighted by Crippen LogP contribution is -2.37. The van der Waals surface area contributed by atoms with Crippen molar-refractivity contribution in [3.63, 3.8) is 0 Å². The van der Waals surface area contributed by atoms with Crippen LogP contribution in [0.4, 0.5) is 0 Å². The maximum absolute atomic E-state index is 12.4. The molecule has 8 heteroatoms. The first kappa shape index (κ1) is 19.8. The molecule has 1 fully saturated rings. The Balaban J connectivity index is 1.28. The standard InChI is InChI=1S/C22H23N5O3/c28-18-10-11-27(14-18)22(30)20-12-19(24-25-20)21(29)26-23-13-15-6-8-17(9-7-15)16-4-2-1-3-5-16/h1-9,12,18,23,28H,10-11,13-14H2,(H,24,25)(H,26,29). The highest BCUT2D eigenvalue weighted by Gasteiger charge is 2.27. The third kappa shape index (κ3) is 4.56. The van der Waals surface area contributed by atoms with Gasteiger partial charge in [0.15, 0.2) is 5.69 Å². The molecule has 1 aliphatic heterocycles. The third-order valence-corrected chi connectivity index (χ3v) is 5.05. The van der Waals surface area contributed by atoms with Crippen LogP contribution in [0.5, 0.6) is 0 Å². The summed E-state index contributed by atoms with van der Waals surface area (Å²) in [6, 6.07) is 19.6. The lowest BCUT2D eigenvalue weighted by atomic mass is 10.0. The highest BCUT2D eigenvalue weighted by molar-refractivity contribution is 5.97. The third-order valence-electron chi connectivity index (χ3n) is 5.05. The van der Waals surface area contributed by atoms with Gasteiger partial charge in [-0.3, -0.25) is 20.1 Å². The zero-order valence-electron chi connectivity index (χ0n) is 16.3. The van der Waals surface area contributed by atoms with Crippen molar-refractivity contribution in [1.82, 2.24) is 25.9 Å². The van der Waals surface area contributed by atoms with Crippen molar-refractivity contribution in [1.29, 1.82) is 0 Å². The lowest BCUT2D eigenvalue weighted by molar-refractivity contribution is 0.0759. The SMILES string of the molecule is O=C(NNCc1ccc(-c2ccccc2)cc1)c1cc(C(=O)N2CCC(O)C2)[nH]n1. The van der Waals surface area contributed by atoms with Gasteiger partial charge in [-0.2, -0.15) is 5.10 Å². The molecule has 1 saturated heterocycles. The Kier molecular flexibility index (Phi) is 5.87. The summed E-state index contributed by atoms with van der Waals surface area (Å²) in [6.07, 6.45) is 0.0642. The van der Waals surface area contributed by atoms with E-state index in [4.69, 9.17) is 0 Å². The Hall–Kier alpha value is -3.49. The van der Waals surface area contributed by atoms with Crippen molar-refractivity contribution >= 4 is 11.8 Å². The molecule has 1 unspecified atom stereocenters. The van der Waals surface area contributed by atoms with E-state index >= 15 is 0 Å². The molecule has 4 rings (SSSR count). The minimum absolute atomic E-state index is 0.116. The van der Waals surface area contributed by atoms with Gasteiger partial charge in [0.1, 0.15) is 5.69 Å². The average molecular weight is 405 g/mol. The van der Waals surface area contributed by atoms with Crippen molar-refractivity contribution in [2.45, 2.75) is 19.1 Å². The van der Waals surface area contributed by atoms with Crippen LogP contribution in [-0.4, -0.2) is 51.2 Å². The predicted molar refractivity (Wildman–Crippen MR) is 111 cm³/mol. The number of hydrazine groups is 1. The number of aromatic amines is 1. The van der Waals surface area contributed by atoms with Crippen molar-refractivity contribution in [2.24, 2.45) is 0 Å². The van der Waals surface area contributed by atoms with Crippen LogP contribution in [0.1, 0.15) is 33.0 Å². The van der Waals surface area contributed by atoms with Crippen molar-refractivity contribution in [3.8, 4) is 11.1 Å². The Morgan fingerprint density at radius 2 is 1.83 bits per heavy atom. The number of carbonyl (C=O) groups excluding carboxylic acids is 2. The van der Waals surface area contributed by atoms with Crippen LogP contribution in [0.15, 0.2) is 60.7 Å². The van der Waals surface area contributed by atoms with Crippen molar-refractivity contribution in [3.05, 3.63) is 77.6 Å². The molecule has 30 heavy (non-hydrogen) atoms. The van der Waals surface area contributed by atoms with Gasteiger partial charge in [-0.05, 0) is 23.1 Å². The van der Waals surface area contributed by atoms with Crippen LogP contribution < -0.4 is 10.9 Å². The Bertz CT molecular complexity index is 1020. The zero-order valence-corrected chi connectivity index (χ0v) is 16.3. The largest absolute Gasteiger partial charge is 0.391 e. The van der Waals surface area contributed by atoms with Crippen molar-refractivity contribution in [2.75, 3.05) is 13.1 Å². The van der Waals surface area contributed by atoms with Gasteiger partial charge in [0.05, 0.1) is 6.10 Å². The molecule has 4 N–H and O–H groups in total. The summed E-state index contributed by atoms with van der Waals surface area (Å²) in [4.78, 5) is 26.2. The van der Waals surface area contributed by atoms with Gasteiger partial charge in [0, 0.05) is 25.7 Å². The molecule has 0 radical (unpaired) electrons. The summed E-state index contributed by atoms with van der Waals surface area (Å²) in [7, 11) is 0. The summed E-state index contributed by atoms with van der Waals surface area (Å²) in [5.41, 5.74) is 9.10. The van der Waals surface area contributed by atoms with E-state index in [1.807, 2.05) is 42.5 Å². The second-order valence-electron chi connectivity index (χ2n) is 7.23. The number of likely N-dealkylation sites (tertiary alicyclic amines) is 1. The molecule has 3 aromatic rings. The quantitative estimate of drug-likeness (QED) is 0.467. The summed E-state index contributed by atoms with van der Waals surface area (Å²) >= 11 is 0. The Morgan fingerprint density at radius 3 is 2.53 bits per heavy atom. The summed E-state index contributed by atoms with van der Waals surface area (Å²) in [5.74, 6) is -0.711. The number of benzene rings is 2. The average Bonchev–Trinajstić information content (AvgIpc) is 3.44. The number of aliphatic hydroxyl groups is 1. The van der Waals surface area contributed by atoms with Crippen molar-refractivity contribution < 1.29 is 14.7 Å². The van der Waals surface area contributed by atoms with Crippen LogP contribution in [0.3, 0.4) is 0 Å². The van der Waals surface area contributed by atoms with Crippen LogP contribution in [0, 0.1) is 0 Å². The fourth-order valence-electron chi connectivity index (χ4n) is 3.38. The molecule has 0 bridgehead atoms. The first-order valence-corrected chi connectivity index (χ1v) is 9.80. The van der Waals surface area contributed by atoms with Gasteiger partial charge in [-0.25, -0.2) is 5.43 Å². The fraction of sp³-hybridized carbons (Fsp3) is 0.227. The summed E-state index contributed by atoms with van der Waals surface area (Å²) < 4.78 is 0. The van der Waals surface area contributed by atoms with E-state index in [9.17, 15) is 14.7 Å². The van der Waals surface area contributed by atoms with Gasteiger partial charge in [0.2, 0.25) is 0 Å². The summed E-state index contributed by atoms with van der Waals surface area (Å²) in [5, 5.41) is 16.1. The number of β-amino-alcohol motifs (C(OH)–C–C–N with tert-alkyl or cyclic N) is 1. The molecule has 2 heterocycles. The normalized spacial score (nSPS) is 15.9. The Morgan fingerprint density at radius 1 is 1.10 bits per heavy atom. The molecule has 1 aliphatic rings. The maximum atomic E-state index is 12.4. The lowest BCUT2D eigenvalue weighted by Gasteiger charge is -2.13. The number of carbonyl (C=O) groups is 2. The van der Waals surface area contributed by atoms with Gasteiger partial charge < -0.3 is 10.0 Å². The molecule has 0 aliphatic carbocycles. The number of nitrogens with zero attached hydrogens (tertiary/aromatic N) is 2.